The van der Waals surface area contributed by atoms with E-state index in [0.29, 0.717) is 26.2 Å². The van der Waals surface area contributed by atoms with Crippen LogP contribution >= 0.6 is 27.3 Å². The predicted octanol–water partition coefficient (Wildman–Crippen LogP) is 4.98. The number of aryl methyl sites for hydroxylation is 1. The van der Waals surface area contributed by atoms with E-state index in [0.717, 1.165) is 39.9 Å². The van der Waals surface area contributed by atoms with Crippen LogP contribution in [0.15, 0.2) is 29.8 Å². The monoisotopic (exact) mass is 678 g/mol. The standard InChI is InChI=1S/C32H47BrN4O5S/c1-22-28(43-21-35-22)24-13-11-23(12-14-24)19-34-30(40)26-18-25(38)20-37(26)31(41)29(32(2,3)4)36-27(39)10-9-17-42-16-8-6-5-7-15-33/h11-14,21,25-26,29,38H,5-10,15-20H2,1-4H3,(H,34,40)(H,36,39)/t25-,26+,29-/m1/s1. The van der Waals surface area contributed by atoms with Crippen molar-refractivity contribution in [3.8, 4) is 10.4 Å². The molecular weight excluding hydrogens is 632 g/mol. The number of aliphatic hydroxyl groups excluding tert-OH is 1. The SMILES string of the molecule is Cc1ncsc1-c1ccc(CNC(=O)[C@@H]2C[C@@H](O)CN2C(=O)[C@@H](NC(=O)CCCOCCCCCCBr)C(C)(C)C)cc1. The van der Waals surface area contributed by atoms with Gasteiger partial charge < -0.3 is 25.4 Å². The van der Waals surface area contributed by atoms with Gasteiger partial charge in [-0.05, 0) is 42.7 Å². The smallest absolute Gasteiger partial charge is 0.246 e. The molecule has 3 amide bonds. The highest BCUT2D eigenvalue weighted by Crippen LogP contribution is 2.28. The zero-order valence-corrected chi connectivity index (χ0v) is 28.3. The van der Waals surface area contributed by atoms with Crippen molar-refractivity contribution in [3.63, 3.8) is 0 Å². The van der Waals surface area contributed by atoms with Gasteiger partial charge in [-0.3, -0.25) is 14.4 Å². The van der Waals surface area contributed by atoms with Crippen molar-refractivity contribution in [1.82, 2.24) is 20.5 Å². The van der Waals surface area contributed by atoms with Gasteiger partial charge in [-0.2, -0.15) is 0 Å². The van der Waals surface area contributed by atoms with Crippen LogP contribution in [0.4, 0.5) is 0 Å². The highest BCUT2D eigenvalue weighted by molar-refractivity contribution is 9.09. The third-order valence-electron chi connectivity index (χ3n) is 7.58. The number of aliphatic hydroxyl groups is 1. The molecule has 1 aliphatic rings. The number of rotatable bonds is 16. The lowest BCUT2D eigenvalue weighted by molar-refractivity contribution is -0.144. The Labute approximate surface area is 268 Å². The Bertz CT molecular complexity index is 1180. The summed E-state index contributed by atoms with van der Waals surface area (Å²) in [6.45, 7) is 9.15. The number of β-amino-alcohol motifs (C(OH)–C–C–N with tert-alkyl or cyclic N) is 1. The van der Waals surface area contributed by atoms with E-state index in [2.05, 4.69) is 31.5 Å². The number of thiazole rings is 1. The number of hydrogen-bond acceptors (Lipinski definition) is 7. The summed E-state index contributed by atoms with van der Waals surface area (Å²) in [5.74, 6) is -0.913. The van der Waals surface area contributed by atoms with Crippen molar-refractivity contribution in [2.45, 2.75) is 97.4 Å². The lowest BCUT2D eigenvalue weighted by atomic mass is 9.85. The van der Waals surface area contributed by atoms with Crippen molar-refractivity contribution >= 4 is 45.0 Å². The molecule has 2 heterocycles. The number of alkyl halides is 1. The molecule has 0 saturated carbocycles. The molecule has 1 aromatic heterocycles. The summed E-state index contributed by atoms with van der Waals surface area (Å²) in [6.07, 6.45) is 4.64. The molecule has 3 rings (SSSR count). The molecule has 1 saturated heterocycles. The summed E-state index contributed by atoms with van der Waals surface area (Å²) >= 11 is 5.02. The summed E-state index contributed by atoms with van der Waals surface area (Å²) in [5.41, 5.74) is 4.21. The van der Waals surface area contributed by atoms with Gasteiger partial charge in [-0.1, -0.05) is 73.8 Å². The normalized spacial score (nSPS) is 17.6. The van der Waals surface area contributed by atoms with Crippen LogP contribution in [0.3, 0.4) is 0 Å². The number of aromatic nitrogens is 1. The Morgan fingerprint density at radius 1 is 1.12 bits per heavy atom. The number of halogens is 1. The minimum atomic E-state index is -0.835. The van der Waals surface area contributed by atoms with E-state index in [-0.39, 0.29) is 37.1 Å². The number of unbranched alkanes of at least 4 members (excludes halogenated alkanes) is 3. The molecule has 0 spiro atoms. The first-order valence-electron chi connectivity index (χ1n) is 15.2. The van der Waals surface area contributed by atoms with E-state index in [9.17, 15) is 19.5 Å². The second-order valence-corrected chi connectivity index (χ2v) is 13.9. The molecule has 11 heteroatoms. The number of ether oxygens (including phenoxy) is 1. The summed E-state index contributed by atoms with van der Waals surface area (Å²) < 4.78 is 5.66. The Kier molecular flexibility index (Phi) is 14.1. The average molecular weight is 680 g/mol. The van der Waals surface area contributed by atoms with Gasteiger partial charge in [0.15, 0.2) is 0 Å². The summed E-state index contributed by atoms with van der Waals surface area (Å²) in [6, 6.07) is 6.29. The van der Waals surface area contributed by atoms with Crippen LogP contribution in [0.5, 0.6) is 0 Å². The molecule has 1 aromatic carbocycles. The molecule has 0 radical (unpaired) electrons. The molecule has 1 fully saturated rings. The van der Waals surface area contributed by atoms with Gasteiger partial charge in [0.05, 0.1) is 22.2 Å². The maximum atomic E-state index is 13.8. The van der Waals surface area contributed by atoms with Crippen LogP contribution in [0.25, 0.3) is 10.4 Å². The van der Waals surface area contributed by atoms with Gasteiger partial charge >= 0.3 is 0 Å². The van der Waals surface area contributed by atoms with E-state index in [1.807, 2.05) is 57.5 Å². The number of benzene rings is 1. The first-order chi connectivity index (χ1) is 20.5. The molecule has 9 nitrogen and oxygen atoms in total. The maximum Gasteiger partial charge on any atom is 0.246 e. The van der Waals surface area contributed by atoms with Crippen LogP contribution in [-0.4, -0.2) is 76.0 Å². The highest BCUT2D eigenvalue weighted by atomic mass is 79.9. The number of amides is 3. The number of likely N-dealkylation sites (tertiary alicyclic amines) is 1. The molecule has 2 aromatic rings. The minimum Gasteiger partial charge on any atom is -0.391 e. The molecule has 1 aliphatic heterocycles. The van der Waals surface area contributed by atoms with Crippen molar-refractivity contribution in [2.24, 2.45) is 5.41 Å². The zero-order chi connectivity index (χ0) is 31.4. The van der Waals surface area contributed by atoms with Gasteiger partial charge in [-0.25, -0.2) is 4.98 Å². The van der Waals surface area contributed by atoms with E-state index >= 15 is 0 Å². The van der Waals surface area contributed by atoms with Crippen LogP contribution in [0.1, 0.15) is 77.0 Å². The van der Waals surface area contributed by atoms with E-state index in [4.69, 9.17) is 4.74 Å². The lowest BCUT2D eigenvalue weighted by Gasteiger charge is -2.35. The number of nitrogens with one attached hydrogen (secondary N) is 2. The summed E-state index contributed by atoms with van der Waals surface area (Å²) in [7, 11) is 0. The summed E-state index contributed by atoms with van der Waals surface area (Å²) in [4.78, 5) is 46.6. The fourth-order valence-corrected chi connectivity index (χ4v) is 6.31. The Hall–Kier alpha value is -2.34. The lowest BCUT2D eigenvalue weighted by Crippen LogP contribution is -2.57. The number of carbonyl (C=O) groups is 3. The number of nitrogens with zero attached hydrogens (tertiary/aromatic N) is 2. The number of carbonyl (C=O) groups excluding carboxylic acids is 3. The minimum absolute atomic E-state index is 0.0474. The molecule has 3 atom stereocenters. The fraction of sp³-hybridized carbons (Fsp3) is 0.625. The molecule has 3 N–H and O–H groups in total. The molecular formula is C32H47BrN4O5S. The first kappa shape index (κ1) is 35.1. The fourth-order valence-electron chi connectivity index (χ4n) is 5.10. The third kappa shape index (κ3) is 11.0. The van der Waals surface area contributed by atoms with E-state index in [1.165, 1.54) is 17.7 Å². The van der Waals surface area contributed by atoms with Gasteiger partial charge in [0.25, 0.3) is 0 Å². The van der Waals surface area contributed by atoms with Gasteiger partial charge in [0.1, 0.15) is 12.1 Å². The van der Waals surface area contributed by atoms with Crippen LogP contribution in [0, 0.1) is 12.3 Å². The van der Waals surface area contributed by atoms with Crippen molar-refractivity contribution < 1.29 is 24.2 Å². The van der Waals surface area contributed by atoms with Gasteiger partial charge in [0.2, 0.25) is 17.7 Å². The largest absolute Gasteiger partial charge is 0.391 e. The average Bonchev–Trinajstić information content (AvgIpc) is 3.58. The van der Waals surface area contributed by atoms with Gasteiger partial charge in [0, 0.05) is 44.5 Å². The Balaban J connectivity index is 1.52. The highest BCUT2D eigenvalue weighted by Gasteiger charge is 2.44. The van der Waals surface area contributed by atoms with Crippen molar-refractivity contribution in [2.75, 3.05) is 25.1 Å². The second kappa shape index (κ2) is 17.2. The van der Waals surface area contributed by atoms with Crippen LogP contribution < -0.4 is 10.6 Å². The molecule has 43 heavy (non-hydrogen) atoms. The van der Waals surface area contributed by atoms with Gasteiger partial charge in [-0.15, -0.1) is 11.3 Å². The van der Waals surface area contributed by atoms with Crippen LogP contribution in [-0.2, 0) is 25.7 Å². The quantitative estimate of drug-likeness (QED) is 0.170. The zero-order valence-electron chi connectivity index (χ0n) is 25.9. The van der Waals surface area contributed by atoms with Crippen molar-refractivity contribution in [1.29, 1.82) is 0 Å². The summed E-state index contributed by atoms with van der Waals surface area (Å²) in [5, 5.41) is 17.3. The van der Waals surface area contributed by atoms with E-state index < -0.39 is 23.6 Å². The second-order valence-electron chi connectivity index (χ2n) is 12.3. The molecule has 0 unspecified atom stereocenters. The molecule has 0 aliphatic carbocycles. The molecule has 238 valence electrons. The third-order valence-corrected chi connectivity index (χ3v) is 9.11. The molecule has 0 bridgehead atoms. The predicted molar refractivity (Wildman–Crippen MR) is 174 cm³/mol. The maximum absolute atomic E-state index is 13.8. The number of hydrogen-bond donors (Lipinski definition) is 3. The topological polar surface area (TPSA) is 121 Å². The Morgan fingerprint density at radius 3 is 2.47 bits per heavy atom. The van der Waals surface area contributed by atoms with E-state index in [1.54, 1.807) is 11.3 Å². The van der Waals surface area contributed by atoms with Crippen molar-refractivity contribution in [3.05, 3.63) is 41.0 Å². The van der Waals surface area contributed by atoms with Crippen LogP contribution in [0.2, 0.25) is 0 Å². The first-order valence-corrected chi connectivity index (χ1v) is 17.2. The Morgan fingerprint density at radius 2 is 1.81 bits per heavy atom.